The van der Waals surface area contributed by atoms with Gasteiger partial charge < -0.3 is 10.6 Å². The van der Waals surface area contributed by atoms with Gasteiger partial charge in [-0.25, -0.2) is 0 Å². The molecule has 6 heteroatoms. The van der Waals surface area contributed by atoms with Crippen molar-refractivity contribution in [1.82, 2.24) is 20.1 Å². The summed E-state index contributed by atoms with van der Waals surface area (Å²) in [7, 11) is 0. The Morgan fingerprint density at radius 1 is 1.35 bits per heavy atom. The molecule has 6 nitrogen and oxygen atoms in total. The Morgan fingerprint density at radius 2 is 2.09 bits per heavy atom. The highest BCUT2D eigenvalue weighted by atomic mass is 16.2. The Morgan fingerprint density at radius 3 is 2.83 bits per heavy atom. The summed E-state index contributed by atoms with van der Waals surface area (Å²) < 4.78 is 1.67. The molecular formula is C17H23N5O. The van der Waals surface area contributed by atoms with Crippen LogP contribution in [0.3, 0.4) is 0 Å². The third kappa shape index (κ3) is 4.31. The van der Waals surface area contributed by atoms with Gasteiger partial charge in [-0.3, -0.25) is 14.5 Å². The van der Waals surface area contributed by atoms with Gasteiger partial charge in [0.05, 0.1) is 11.9 Å². The maximum Gasteiger partial charge on any atom is 0.241 e. The summed E-state index contributed by atoms with van der Waals surface area (Å²) in [6.07, 6.45) is 11.8. The fraction of sp³-hybridized carbons (Fsp3) is 0.471. The van der Waals surface area contributed by atoms with E-state index in [4.69, 9.17) is 0 Å². The van der Waals surface area contributed by atoms with Crippen LogP contribution in [0.25, 0.3) is 0 Å². The van der Waals surface area contributed by atoms with Crippen LogP contribution in [0, 0.1) is 0 Å². The minimum Gasteiger partial charge on any atom is -0.376 e. The lowest BCUT2D eigenvalue weighted by Crippen LogP contribution is -2.35. The highest BCUT2D eigenvalue weighted by Gasteiger charge is 2.17. The molecule has 0 saturated heterocycles. The first-order chi connectivity index (χ1) is 11.2. The molecule has 0 bridgehead atoms. The molecule has 0 aromatic carbocycles. The van der Waals surface area contributed by atoms with E-state index in [1.165, 1.54) is 12.8 Å². The molecule has 1 aliphatic rings. The van der Waals surface area contributed by atoms with Gasteiger partial charge in [-0.2, -0.15) is 5.10 Å². The number of carbonyl (C=O) groups excluding carboxylic acids is 1. The monoisotopic (exact) mass is 313 g/mol. The Balaban J connectivity index is 1.52. The normalized spacial score (nSPS) is 16.2. The lowest BCUT2D eigenvalue weighted by Gasteiger charge is -2.13. The van der Waals surface area contributed by atoms with E-state index in [0.29, 0.717) is 6.04 Å². The number of nitrogens with zero attached hydrogens (tertiary/aromatic N) is 3. The summed E-state index contributed by atoms with van der Waals surface area (Å²) in [5, 5.41) is 10.7. The lowest BCUT2D eigenvalue weighted by molar-refractivity contribution is -0.122. The maximum atomic E-state index is 12.0. The van der Waals surface area contributed by atoms with Gasteiger partial charge in [0.1, 0.15) is 6.54 Å². The second-order valence-electron chi connectivity index (χ2n) is 6.12. The van der Waals surface area contributed by atoms with E-state index in [9.17, 15) is 4.79 Å². The van der Waals surface area contributed by atoms with Crippen LogP contribution in [0.4, 0.5) is 5.69 Å². The van der Waals surface area contributed by atoms with E-state index in [1.807, 2.05) is 18.3 Å². The minimum absolute atomic E-state index is 0.0359. The molecular weight excluding hydrogens is 290 g/mol. The van der Waals surface area contributed by atoms with Crippen LogP contribution in [-0.2, 0) is 11.3 Å². The summed E-state index contributed by atoms with van der Waals surface area (Å²) in [6, 6.07) is 4.47. The Hall–Kier alpha value is -2.37. The van der Waals surface area contributed by atoms with Crippen molar-refractivity contribution in [3.05, 3.63) is 42.5 Å². The second-order valence-corrected chi connectivity index (χ2v) is 6.12. The predicted octanol–water partition coefficient (Wildman–Crippen LogP) is 2.51. The van der Waals surface area contributed by atoms with Crippen molar-refractivity contribution in [1.29, 1.82) is 0 Å². The van der Waals surface area contributed by atoms with Crippen LogP contribution in [-0.4, -0.2) is 26.7 Å². The first-order valence-corrected chi connectivity index (χ1v) is 8.19. The molecule has 0 radical (unpaired) electrons. The van der Waals surface area contributed by atoms with Crippen LogP contribution in [0.1, 0.15) is 44.2 Å². The summed E-state index contributed by atoms with van der Waals surface area (Å²) in [6.45, 7) is 2.35. The lowest BCUT2D eigenvalue weighted by atomic mass is 10.1. The maximum absolute atomic E-state index is 12.0. The van der Waals surface area contributed by atoms with Crippen molar-refractivity contribution >= 4 is 11.6 Å². The van der Waals surface area contributed by atoms with Crippen LogP contribution < -0.4 is 10.6 Å². The molecule has 1 amide bonds. The van der Waals surface area contributed by atoms with Gasteiger partial charge in [-0.15, -0.1) is 0 Å². The number of nitrogens with one attached hydrogen (secondary N) is 2. The zero-order chi connectivity index (χ0) is 16.1. The number of pyridine rings is 1. The van der Waals surface area contributed by atoms with Gasteiger partial charge >= 0.3 is 0 Å². The number of amides is 1. The average molecular weight is 313 g/mol. The zero-order valence-electron chi connectivity index (χ0n) is 13.4. The molecule has 1 saturated carbocycles. The number of rotatable bonds is 6. The van der Waals surface area contributed by atoms with Gasteiger partial charge in [-0.1, -0.05) is 12.8 Å². The average Bonchev–Trinajstić information content (AvgIpc) is 3.20. The fourth-order valence-corrected chi connectivity index (χ4v) is 3.00. The van der Waals surface area contributed by atoms with Crippen molar-refractivity contribution in [2.45, 2.75) is 51.2 Å². The van der Waals surface area contributed by atoms with Gasteiger partial charge in [0.15, 0.2) is 0 Å². The molecule has 0 aliphatic heterocycles. The Bertz CT molecular complexity index is 633. The quantitative estimate of drug-likeness (QED) is 0.859. The van der Waals surface area contributed by atoms with E-state index in [2.05, 4.69) is 27.6 Å². The van der Waals surface area contributed by atoms with Crippen LogP contribution in [0.15, 0.2) is 36.9 Å². The van der Waals surface area contributed by atoms with Crippen LogP contribution >= 0.6 is 0 Å². The number of anilines is 1. The molecule has 1 aliphatic carbocycles. The van der Waals surface area contributed by atoms with Gasteiger partial charge in [0.25, 0.3) is 0 Å². The predicted molar refractivity (Wildman–Crippen MR) is 88.9 cm³/mol. The number of hydrogen-bond acceptors (Lipinski definition) is 4. The van der Waals surface area contributed by atoms with Crippen molar-refractivity contribution in [2.24, 2.45) is 0 Å². The summed E-state index contributed by atoms with van der Waals surface area (Å²) in [4.78, 5) is 16.0. The molecule has 3 rings (SSSR count). The summed E-state index contributed by atoms with van der Waals surface area (Å²) in [5.41, 5.74) is 2.06. The van der Waals surface area contributed by atoms with Crippen molar-refractivity contribution in [3.63, 3.8) is 0 Å². The number of aromatic nitrogens is 3. The molecule has 1 atom stereocenters. The highest BCUT2D eigenvalue weighted by Crippen LogP contribution is 2.19. The molecule has 2 N–H and O–H groups in total. The van der Waals surface area contributed by atoms with Gasteiger partial charge in [-0.05, 0) is 37.5 Å². The van der Waals surface area contributed by atoms with E-state index in [-0.39, 0.29) is 18.5 Å². The molecule has 0 unspecified atom stereocenters. The second kappa shape index (κ2) is 7.26. The SMILES string of the molecule is C[C@@H](Nc1cnn(CC(=O)NC2CCCC2)c1)c1ccncc1. The first-order valence-electron chi connectivity index (χ1n) is 8.19. The smallest absolute Gasteiger partial charge is 0.241 e. The topological polar surface area (TPSA) is 71.8 Å². The third-order valence-corrected chi connectivity index (χ3v) is 4.25. The molecule has 2 aromatic heterocycles. The molecule has 2 aromatic rings. The molecule has 0 spiro atoms. The number of hydrogen-bond donors (Lipinski definition) is 2. The van der Waals surface area contributed by atoms with E-state index in [1.54, 1.807) is 23.3 Å². The van der Waals surface area contributed by atoms with Gasteiger partial charge in [0.2, 0.25) is 5.91 Å². The zero-order valence-corrected chi connectivity index (χ0v) is 13.4. The van der Waals surface area contributed by atoms with Crippen LogP contribution in [0.5, 0.6) is 0 Å². The summed E-state index contributed by atoms with van der Waals surface area (Å²) >= 11 is 0. The fourth-order valence-electron chi connectivity index (χ4n) is 3.00. The largest absolute Gasteiger partial charge is 0.376 e. The van der Waals surface area contributed by atoms with Crippen molar-refractivity contribution in [2.75, 3.05) is 5.32 Å². The highest BCUT2D eigenvalue weighted by molar-refractivity contribution is 5.76. The van der Waals surface area contributed by atoms with Crippen molar-refractivity contribution < 1.29 is 4.79 Å². The van der Waals surface area contributed by atoms with E-state index in [0.717, 1.165) is 24.1 Å². The Labute approximate surface area is 136 Å². The summed E-state index contributed by atoms with van der Waals surface area (Å²) in [5.74, 6) is 0.0359. The third-order valence-electron chi connectivity index (χ3n) is 4.25. The van der Waals surface area contributed by atoms with Crippen molar-refractivity contribution in [3.8, 4) is 0 Å². The molecule has 23 heavy (non-hydrogen) atoms. The molecule has 122 valence electrons. The Kier molecular flexibility index (Phi) is 4.90. The minimum atomic E-state index is 0.0359. The number of carbonyl (C=O) groups is 1. The van der Waals surface area contributed by atoms with E-state index >= 15 is 0 Å². The molecule has 2 heterocycles. The standard InChI is InChI=1S/C17H23N5O/c1-13(14-6-8-18-9-7-14)20-16-10-19-22(11-16)12-17(23)21-15-4-2-3-5-15/h6-11,13,15,20H,2-5,12H2,1H3,(H,21,23)/t13-/m1/s1. The molecule has 1 fully saturated rings. The van der Waals surface area contributed by atoms with Gasteiger partial charge in [0, 0.05) is 30.7 Å². The first kappa shape index (κ1) is 15.5. The van der Waals surface area contributed by atoms with E-state index < -0.39 is 0 Å². The van der Waals surface area contributed by atoms with Crippen LogP contribution in [0.2, 0.25) is 0 Å².